The highest BCUT2D eigenvalue weighted by Crippen LogP contribution is 2.37. The molecule has 238 valence electrons. The second-order valence-electron chi connectivity index (χ2n) is 13.0. The Labute approximate surface area is 262 Å². The predicted molar refractivity (Wildman–Crippen MR) is 168 cm³/mol. The molecule has 1 atom stereocenters. The summed E-state index contributed by atoms with van der Waals surface area (Å²) in [5, 5.41) is 24.2. The highest BCUT2D eigenvalue weighted by atomic mass is 16.5. The first-order valence-corrected chi connectivity index (χ1v) is 15.4. The number of hydrogen-bond donors (Lipinski definition) is 1. The molecule has 0 saturated carbocycles. The van der Waals surface area contributed by atoms with Crippen LogP contribution >= 0.6 is 0 Å². The van der Waals surface area contributed by atoms with Crippen molar-refractivity contribution in [2.45, 2.75) is 77.9 Å². The lowest BCUT2D eigenvalue weighted by molar-refractivity contribution is -0.160. The van der Waals surface area contributed by atoms with Crippen molar-refractivity contribution < 1.29 is 24.1 Å². The first kappa shape index (κ1) is 30.9. The fourth-order valence-electron chi connectivity index (χ4n) is 5.96. The van der Waals surface area contributed by atoms with Crippen molar-refractivity contribution in [3.63, 3.8) is 0 Å². The number of nitrogens with zero attached hydrogens (tertiary/aromatic N) is 7. The molecule has 45 heavy (non-hydrogen) atoms. The van der Waals surface area contributed by atoms with Crippen molar-refractivity contribution in [2.75, 3.05) is 31.2 Å². The lowest BCUT2D eigenvalue weighted by Crippen LogP contribution is -2.45. The van der Waals surface area contributed by atoms with Gasteiger partial charge in [-0.3, -0.25) is 0 Å². The third-order valence-electron chi connectivity index (χ3n) is 8.26. The number of fused-ring (bicyclic) bond motifs is 7. The molecule has 3 aliphatic heterocycles. The number of aryl methyl sites for hydroxylation is 1. The zero-order valence-corrected chi connectivity index (χ0v) is 26.6. The lowest BCUT2D eigenvalue weighted by Gasteiger charge is -2.41. The zero-order valence-electron chi connectivity index (χ0n) is 26.6. The van der Waals surface area contributed by atoms with Crippen LogP contribution in [-0.2, 0) is 32.2 Å². The Hall–Kier alpha value is -4.13. The third-order valence-corrected chi connectivity index (χ3v) is 8.26. The molecule has 0 amide bonds. The maximum Gasteiger partial charge on any atom is 0.337 e. The molecule has 3 aromatic heterocycles. The van der Waals surface area contributed by atoms with Crippen LogP contribution in [0.25, 0.3) is 16.9 Å². The number of rotatable bonds is 3. The molecule has 7 rings (SSSR count). The highest BCUT2D eigenvalue weighted by Gasteiger charge is 2.37. The summed E-state index contributed by atoms with van der Waals surface area (Å²) >= 11 is 0. The highest BCUT2D eigenvalue weighted by molar-refractivity contribution is 5.78. The number of carboxylic acid groups (broad SMARTS) is 1. The zero-order chi connectivity index (χ0) is 31.8. The summed E-state index contributed by atoms with van der Waals surface area (Å²) < 4.78 is 22.0. The average molecular weight is 616 g/mol. The Bertz CT molecular complexity index is 1710. The molecular formula is C33H41N7O5. The van der Waals surface area contributed by atoms with Gasteiger partial charge in [0.05, 0.1) is 55.0 Å². The molecule has 1 saturated heterocycles. The Morgan fingerprint density at radius 3 is 2.64 bits per heavy atom. The van der Waals surface area contributed by atoms with Crippen LogP contribution in [0.1, 0.15) is 69.2 Å². The molecule has 0 spiro atoms. The van der Waals surface area contributed by atoms with Crippen LogP contribution in [0, 0.1) is 6.92 Å². The van der Waals surface area contributed by atoms with Crippen LogP contribution in [0.4, 0.5) is 5.82 Å². The number of aliphatic carboxylic acids is 1. The minimum atomic E-state index is -1.23. The fourth-order valence-corrected chi connectivity index (χ4v) is 5.96. The molecule has 6 heterocycles. The number of anilines is 1. The molecule has 1 fully saturated rings. The van der Waals surface area contributed by atoms with Gasteiger partial charge >= 0.3 is 5.97 Å². The molecule has 0 radical (unpaired) electrons. The van der Waals surface area contributed by atoms with Crippen LogP contribution in [0.5, 0.6) is 0 Å². The smallest absolute Gasteiger partial charge is 0.337 e. The number of aromatic nitrogens is 6. The Morgan fingerprint density at radius 2 is 1.89 bits per heavy atom. The summed E-state index contributed by atoms with van der Waals surface area (Å²) in [6, 6.07) is 9.93. The third kappa shape index (κ3) is 6.77. The standard InChI is InChI=1S/C33H41N7O5/c1-22-28(29(31(41)42)45-32(2,3)4)30-38-14-12-33(5,13-15-38)44-17-9-8-16-43-21-23-10-6-7-11-25(23)26-20-39(37-35-26)19-24-18-27(34-22)40(30)36-24/h6-11,18,20,29H,12-17,19,21H2,1-5H3,(H,41,42)/t29-/m0/s1. The number of carbonyl (C=O) groups is 1. The van der Waals surface area contributed by atoms with E-state index in [4.69, 9.17) is 24.3 Å². The van der Waals surface area contributed by atoms with Crippen molar-refractivity contribution in [1.82, 2.24) is 29.6 Å². The molecule has 12 heteroatoms. The summed E-state index contributed by atoms with van der Waals surface area (Å²) in [5.74, 6) is -0.393. The van der Waals surface area contributed by atoms with E-state index in [9.17, 15) is 9.90 Å². The van der Waals surface area contributed by atoms with Crippen molar-refractivity contribution in [1.29, 1.82) is 0 Å². The van der Waals surface area contributed by atoms with Crippen LogP contribution in [0.3, 0.4) is 0 Å². The number of carboxylic acids is 1. The predicted octanol–water partition coefficient (Wildman–Crippen LogP) is 4.75. The molecule has 6 bridgehead atoms. The molecule has 1 aromatic carbocycles. The molecule has 0 unspecified atom stereocenters. The van der Waals surface area contributed by atoms with Crippen molar-refractivity contribution in [3.05, 3.63) is 71.2 Å². The van der Waals surface area contributed by atoms with Crippen LogP contribution in [0.15, 0.2) is 48.7 Å². The van der Waals surface area contributed by atoms with Gasteiger partial charge in [-0.15, -0.1) is 5.10 Å². The van der Waals surface area contributed by atoms with Gasteiger partial charge in [0.1, 0.15) is 11.5 Å². The molecule has 12 nitrogen and oxygen atoms in total. The monoisotopic (exact) mass is 615 g/mol. The summed E-state index contributed by atoms with van der Waals surface area (Å²) in [6.45, 7) is 12.6. The first-order chi connectivity index (χ1) is 21.5. The lowest BCUT2D eigenvalue weighted by atomic mass is 9.92. The van der Waals surface area contributed by atoms with Crippen LogP contribution < -0.4 is 4.90 Å². The maximum atomic E-state index is 12.7. The SMILES string of the molecule is Cc1nc2cc3nn2c(c1[C@H](OC(C)(C)C)C(=O)O)N1CCC(C)(CC1)OCC=CCOCc1ccccc1-c1cn(nn1)C3. The van der Waals surface area contributed by atoms with Gasteiger partial charge in [-0.05, 0) is 53.0 Å². The van der Waals surface area contributed by atoms with E-state index in [1.165, 1.54) is 0 Å². The van der Waals surface area contributed by atoms with E-state index >= 15 is 0 Å². The number of benzene rings is 1. The van der Waals surface area contributed by atoms with Gasteiger partial charge in [0.2, 0.25) is 0 Å². The van der Waals surface area contributed by atoms with Gasteiger partial charge in [-0.25, -0.2) is 14.5 Å². The first-order valence-electron chi connectivity index (χ1n) is 15.4. The molecular weight excluding hydrogens is 574 g/mol. The van der Waals surface area contributed by atoms with Crippen molar-refractivity contribution in [3.8, 4) is 11.3 Å². The number of ether oxygens (including phenoxy) is 3. The van der Waals surface area contributed by atoms with E-state index < -0.39 is 17.7 Å². The molecule has 3 aliphatic rings. The van der Waals surface area contributed by atoms with E-state index in [-0.39, 0.29) is 5.60 Å². The van der Waals surface area contributed by atoms with E-state index in [1.54, 1.807) is 9.20 Å². The summed E-state index contributed by atoms with van der Waals surface area (Å²) in [7, 11) is 0. The van der Waals surface area contributed by atoms with Crippen molar-refractivity contribution in [2.24, 2.45) is 0 Å². The maximum absolute atomic E-state index is 12.7. The number of hydrogen-bond acceptors (Lipinski definition) is 9. The quantitative estimate of drug-likeness (QED) is 0.323. The number of piperidine rings is 1. The van der Waals surface area contributed by atoms with E-state index in [1.807, 2.05) is 76.4 Å². The van der Waals surface area contributed by atoms with E-state index in [0.29, 0.717) is 62.2 Å². The van der Waals surface area contributed by atoms with Gasteiger partial charge in [0, 0.05) is 30.4 Å². The van der Waals surface area contributed by atoms with Gasteiger partial charge in [-0.1, -0.05) is 41.6 Å². The molecule has 4 aromatic rings. The van der Waals surface area contributed by atoms with E-state index in [2.05, 4.69) is 22.1 Å². The second-order valence-corrected chi connectivity index (χ2v) is 13.0. The van der Waals surface area contributed by atoms with Crippen LogP contribution in [-0.4, -0.2) is 78.2 Å². The van der Waals surface area contributed by atoms with Crippen LogP contribution in [0.2, 0.25) is 0 Å². The summed E-state index contributed by atoms with van der Waals surface area (Å²) in [4.78, 5) is 19.7. The van der Waals surface area contributed by atoms with Gasteiger partial charge in [0.25, 0.3) is 0 Å². The Kier molecular flexibility index (Phi) is 8.47. The minimum Gasteiger partial charge on any atom is -0.479 e. The summed E-state index contributed by atoms with van der Waals surface area (Å²) in [5.41, 5.74) is 4.14. The minimum absolute atomic E-state index is 0.325. The second kappa shape index (κ2) is 12.3. The van der Waals surface area contributed by atoms with Gasteiger partial charge in [0.15, 0.2) is 11.8 Å². The summed E-state index contributed by atoms with van der Waals surface area (Å²) in [6.07, 6.45) is 6.16. The topological polar surface area (TPSA) is 129 Å². The van der Waals surface area contributed by atoms with E-state index in [0.717, 1.165) is 35.4 Å². The van der Waals surface area contributed by atoms with Gasteiger partial charge in [-0.2, -0.15) is 9.61 Å². The average Bonchev–Trinajstić information content (AvgIpc) is 3.61. The Morgan fingerprint density at radius 1 is 1.13 bits per heavy atom. The fraction of sp³-hybridized carbons (Fsp3) is 0.485. The van der Waals surface area contributed by atoms with Crippen molar-refractivity contribution >= 4 is 17.4 Å². The van der Waals surface area contributed by atoms with Gasteiger partial charge < -0.3 is 24.2 Å². The molecule has 1 N–H and O–H groups in total. The largest absolute Gasteiger partial charge is 0.479 e. The molecule has 0 aliphatic carbocycles. The Balaban J connectivity index is 1.45. The normalized spacial score (nSPS) is 18.1.